The van der Waals surface area contributed by atoms with Crippen molar-refractivity contribution in [2.45, 2.75) is 9.79 Å². The van der Waals surface area contributed by atoms with Crippen molar-refractivity contribution in [3.63, 3.8) is 0 Å². The summed E-state index contributed by atoms with van der Waals surface area (Å²) in [6.45, 7) is 0. The summed E-state index contributed by atoms with van der Waals surface area (Å²) in [6, 6.07) is 5.82. The Kier molecular flexibility index (Phi) is 6.24. The van der Waals surface area contributed by atoms with Gasteiger partial charge in [-0.3, -0.25) is 4.98 Å². The highest BCUT2D eigenvalue weighted by Gasteiger charge is 2.17. The van der Waals surface area contributed by atoms with Gasteiger partial charge in [-0.05, 0) is 24.3 Å². The van der Waals surface area contributed by atoms with Gasteiger partial charge in [0.25, 0.3) is 0 Å². The number of rotatable bonds is 3. The molecule has 0 atom stereocenters. The molecule has 1 heterocycles. The Labute approximate surface area is 186 Å². The smallest absolute Gasteiger partial charge is 0.258 e. The van der Waals surface area contributed by atoms with E-state index in [1.807, 2.05) is 4.98 Å². The third kappa shape index (κ3) is 4.01. The van der Waals surface area contributed by atoms with Crippen molar-refractivity contribution in [1.82, 2.24) is 14.1 Å². The quantitative estimate of drug-likeness (QED) is 0.533. The van der Waals surface area contributed by atoms with Crippen LogP contribution in [0.2, 0.25) is 25.1 Å². The molecule has 146 valence electrons. The Morgan fingerprint density at radius 1 is 0.786 bits per heavy atom. The monoisotopic (exact) mass is 497 g/mol. The van der Waals surface area contributed by atoms with Crippen LogP contribution in [0.15, 0.2) is 48.4 Å². The maximum absolute atomic E-state index is 12.3. The summed E-state index contributed by atoms with van der Waals surface area (Å²) in [5.74, 6) is 0. The predicted octanol–water partition coefficient (Wildman–Crippen LogP) is 4.64. The minimum Gasteiger partial charge on any atom is -0.258 e. The van der Waals surface area contributed by atoms with E-state index in [2.05, 4.69) is 0 Å². The fraction of sp³-hybridized carbons (Fsp3) is 0.0625. The molecule has 0 spiro atoms. The molecule has 1 aromatic heterocycles. The van der Waals surface area contributed by atoms with Crippen molar-refractivity contribution in [2.75, 3.05) is 0 Å². The maximum atomic E-state index is 12.3. The van der Waals surface area contributed by atoms with Gasteiger partial charge in [0.15, 0.2) is 0 Å². The zero-order chi connectivity index (χ0) is 20.7. The highest BCUT2D eigenvalue weighted by molar-refractivity contribution is 7.99. The Morgan fingerprint density at radius 3 is 1.96 bits per heavy atom. The fourth-order valence-electron chi connectivity index (χ4n) is 2.25. The molecule has 6 nitrogen and oxygen atoms in total. The molecular weight excluding hydrogens is 492 g/mol. The topological polar surface area (TPSA) is 76.9 Å². The molecule has 3 rings (SSSR count). The van der Waals surface area contributed by atoms with Crippen LogP contribution in [0.25, 0.3) is 5.69 Å². The van der Waals surface area contributed by atoms with Gasteiger partial charge in [-0.25, -0.2) is 23.5 Å². The van der Waals surface area contributed by atoms with Gasteiger partial charge in [0.1, 0.15) is 0 Å². The SMILES string of the molecule is Cn1c(=O)[nH]c(=O)n(-c2cc(Cl)c(Sc3cc(Cl)c(Cl)cc3Cl)c(Cl)c2)c1=O. The summed E-state index contributed by atoms with van der Waals surface area (Å²) in [6.07, 6.45) is 0. The molecule has 0 amide bonds. The minimum atomic E-state index is -0.909. The first-order valence-electron chi connectivity index (χ1n) is 7.34. The van der Waals surface area contributed by atoms with Gasteiger partial charge in [-0.2, -0.15) is 0 Å². The Hall–Kier alpha value is -1.35. The summed E-state index contributed by atoms with van der Waals surface area (Å²) in [4.78, 5) is 38.9. The van der Waals surface area contributed by atoms with Gasteiger partial charge in [0.05, 0.1) is 30.8 Å². The van der Waals surface area contributed by atoms with E-state index in [0.29, 0.717) is 24.9 Å². The lowest BCUT2D eigenvalue weighted by atomic mass is 10.3. The van der Waals surface area contributed by atoms with E-state index >= 15 is 0 Å². The van der Waals surface area contributed by atoms with Crippen LogP contribution in [-0.2, 0) is 7.05 Å². The fourth-order valence-corrected chi connectivity index (χ4v) is 4.55. The summed E-state index contributed by atoms with van der Waals surface area (Å²) in [5, 5.41) is 1.28. The van der Waals surface area contributed by atoms with E-state index in [0.717, 1.165) is 20.9 Å². The van der Waals surface area contributed by atoms with Crippen molar-refractivity contribution in [2.24, 2.45) is 7.05 Å². The molecule has 0 aliphatic rings. The first kappa shape index (κ1) is 21.4. The van der Waals surface area contributed by atoms with Gasteiger partial charge < -0.3 is 0 Å². The number of hydrogen-bond donors (Lipinski definition) is 1. The number of aromatic amines is 1. The molecule has 0 saturated heterocycles. The van der Waals surface area contributed by atoms with Crippen molar-refractivity contribution < 1.29 is 0 Å². The van der Waals surface area contributed by atoms with Crippen molar-refractivity contribution in [3.8, 4) is 5.69 Å². The third-order valence-electron chi connectivity index (χ3n) is 3.63. The lowest BCUT2D eigenvalue weighted by Crippen LogP contribution is -2.47. The van der Waals surface area contributed by atoms with Gasteiger partial charge in [0, 0.05) is 16.8 Å². The average molecular weight is 500 g/mol. The number of nitrogens with zero attached hydrogens (tertiary/aromatic N) is 2. The molecule has 12 heteroatoms. The largest absolute Gasteiger partial charge is 0.340 e. The lowest BCUT2D eigenvalue weighted by molar-refractivity contribution is 0.660. The number of H-pyrrole nitrogens is 1. The Balaban J connectivity index is 2.13. The van der Waals surface area contributed by atoms with Crippen LogP contribution in [0.1, 0.15) is 0 Å². The molecule has 0 aliphatic heterocycles. The second-order valence-electron chi connectivity index (χ2n) is 5.45. The lowest BCUT2D eigenvalue weighted by Gasteiger charge is -2.12. The zero-order valence-electron chi connectivity index (χ0n) is 13.7. The summed E-state index contributed by atoms with van der Waals surface area (Å²) < 4.78 is 1.50. The molecule has 0 saturated carbocycles. The van der Waals surface area contributed by atoms with E-state index in [4.69, 9.17) is 58.0 Å². The van der Waals surface area contributed by atoms with Crippen molar-refractivity contribution in [1.29, 1.82) is 0 Å². The van der Waals surface area contributed by atoms with Crippen LogP contribution in [-0.4, -0.2) is 14.1 Å². The molecular formula is C16H8Cl5N3O3S. The molecule has 0 aliphatic carbocycles. The van der Waals surface area contributed by atoms with Gasteiger partial charge in [-0.1, -0.05) is 69.8 Å². The standard InChI is InChI=1S/C16H8Cl5N3O3S/c1-23-14(25)22-15(26)24(16(23)27)6-2-10(20)13(11(21)3-6)28-12-5-8(18)7(17)4-9(12)19/h2-5H,1H3,(H,22,25,26). The van der Waals surface area contributed by atoms with Crippen LogP contribution < -0.4 is 17.1 Å². The molecule has 1 N–H and O–H groups in total. The number of aromatic nitrogens is 3. The number of nitrogens with one attached hydrogen (secondary N) is 1. The molecule has 0 fully saturated rings. The second kappa shape index (κ2) is 8.18. The van der Waals surface area contributed by atoms with Gasteiger partial charge in [-0.15, -0.1) is 0 Å². The first-order valence-corrected chi connectivity index (χ1v) is 10.0. The zero-order valence-corrected chi connectivity index (χ0v) is 18.3. The van der Waals surface area contributed by atoms with E-state index < -0.39 is 17.1 Å². The van der Waals surface area contributed by atoms with E-state index in [1.54, 1.807) is 6.07 Å². The van der Waals surface area contributed by atoms with Crippen LogP contribution in [0, 0.1) is 0 Å². The van der Waals surface area contributed by atoms with E-state index in [1.165, 1.54) is 25.2 Å². The molecule has 28 heavy (non-hydrogen) atoms. The van der Waals surface area contributed by atoms with Crippen molar-refractivity contribution in [3.05, 3.63) is 80.8 Å². The highest BCUT2D eigenvalue weighted by Crippen LogP contribution is 2.44. The number of halogens is 5. The highest BCUT2D eigenvalue weighted by atomic mass is 35.5. The maximum Gasteiger partial charge on any atom is 0.340 e. The van der Waals surface area contributed by atoms with Crippen LogP contribution >= 0.6 is 69.8 Å². The average Bonchev–Trinajstić information content (AvgIpc) is 2.60. The summed E-state index contributed by atoms with van der Waals surface area (Å²) in [7, 11) is 1.23. The summed E-state index contributed by atoms with van der Waals surface area (Å²) in [5.41, 5.74) is -2.48. The molecule has 0 bridgehead atoms. The first-order chi connectivity index (χ1) is 13.1. The number of hydrogen-bond acceptors (Lipinski definition) is 4. The molecule has 0 unspecified atom stereocenters. The van der Waals surface area contributed by atoms with Crippen molar-refractivity contribution >= 4 is 69.8 Å². The Bertz CT molecular complexity index is 1260. The Morgan fingerprint density at radius 2 is 1.36 bits per heavy atom. The second-order valence-corrected chi connectivity index (χ2v) is 8.54. The molecule has 0 radical (unpaired) electrons. The van der Waals surface area contributed by atoms with E-state index in [9.17, 15) is 14.4 Å². The molecule has 3 aromatic rings. The summed E-state index contributed by atoms with van der Waals surface area (Å²) >= 11 is 31.9. The van der Waals surface area contributed by atoms with E-state index in [-0.39, 0.29) is 15.7 Å². The van der Waals surface area contributed by atoms with Crippen LogP contribution in [0.4, 0.5) is 0 Å². The third-order valence-corrected chi connectivity index (χ3v) is 6.80. The normalized spacial score (nSPS) is 11.1. The predicted molar refractivity (Wildman–Crippen MR) is 114 cm³/mol. The van der Waals surface area contributed by atoms with Crippen LogP contribution in [0.3, 0.4) is 0 Å². The minimum absolute atomic E-state index is 0.0986. The number of benzene rings is 2. The molecule has 2 aromatic carbocycles. The van der Waals surface area contributed by atoms with Gasteiger partial charge >= 0.3 is 17.1 Å². The van der Waals surface area contributed by atoms with Gasteiger partial charge in [0.2, 0.25) is 0 Å². The van der Waals surface area contributed by atoms with Crippen LogP contribution in [0.5, 0.6) is 0 Å².